The topological polar surface area (TPSA) is 52.0 Å². The highest BCUT2D eigenvalue weighted by molar-refractivity contribution is 9.10. The Hall–Kier alpha value is -1.40. The van der Waals surface area contributed by atoms with Crippen molar-refractivity contribution >= 4 is 15.9 Å². The van der Waals surface area contributed by atoms with Crippen LogP contribution in [0.1, 0.15) is 31.3 Å². The second-order valence-electron chi connectivity index (χ2n) is 4.69. The van der Waals surface area contributed by atoms with E-state index in [9.17, 15) is 0 Å². The molecule has 1 aromatic heterocycles. The van der Waals surface area contributed by atoms with Crippen LogP contribution in [0.25, 0.3) is 0 Å². The maximum absolute atomic E-state index is 5.52. The molecule has 1 unspecified atom stereocenters. The normalized spacial score (nSPS) is 12.4. The summed E-state index contributed by atoms with van der Waals surface area (Å²) in [6, 6.07) is 6.26. The number of rotatable bonds is 7. The van der Waals surface area contributed by atoms with E-state index in [4.69, 9.17) is 4.74 Å². The van der Waals surface area contributed by atoms with Crippen LogP contribution in [-0.4, -0.2) is 28.4 Å². The molecular formula is C15H21BrN4O. The van der Waals surface area contributed by atoms with Gasteiger partial charge in [0.15, 0.2) is 0 Å². The summed E-state index contributed by atoms with van der Waals surface area (Å²) in [5.41, 5.74) is 1.13. The van der Waals surface area contributed by atoms with Gasteiger partial charge in [-0.15, -0.1) is 0 Å². The van der Waals surface area contributed by atoms with Crippen LogP contribution >= 0.6 is 15.9 Å². The smallest absolute Gasteiger partial charge is 0.138 e. The van der Waals surface area contributed by atoms with Crippen molar-refractivity contribution in [2.24, 2.45) is 0 Å². The van der Waals surface area contributed by atoms with E-state index in [1.807, 2.05) is 16.8 Å². The maximum atomic E-state index is 5.52. The standard InChI is InChI=1S/C15H21BrN4O/c1-4-17-13(9-15-18-10-19-20(15)5-2)12-7-6-11(16)8-14(12)21-3/h6-8,10,13,17H,4-5,9H2,1-3H3. The first-order valence-electron chi connectivity index (χ1n) is 7.13. The van der Waals surface area contributed by atoms with Gasteiger partial charge in [-0.2, -0.15) is 5.10 Å². The summed E-state index contributed by atoms with van der Waals surface area (Å²) in [6.45, 7) is 5.87. The molecule has 6 heteroatoms. The predicted octanol–water partition coefficient (Wildman–Crippen LogP) is 2.96. The number of aryl methyl sites for hydroxylation is 1. The average molecular weight is 353 g/mol. The van der Waals surface area contributed by atoms with Crippen molar-refractivity contribution in [1.29, 1.82) is 0 Å². The zero-order valence-electron chi connectivity index (χ0n) is 12.6. The molecule has 0 amide bonds. The van der Waals surface area contributed by atoms with Crippen LogP contribution < -0.4 is 10.1 Å². The second-order valence-corrected chi connectivity index (χ2v) is 5.61. The summed E-state index contributed by atoms with van der Waals surface area (Å²) in [4.78, 5) is 4.37. The van der Waals surface area contributed by atoms with Gasteiger partial charge in [-0.3, -0.25) is 4.68 Å². The van der Waals surface area contributed by atoms with Gasteiger partial charge in [0.2, 0.25) is 0 Å². The number of ether oxygens (including phenoxy) is 1. The Balaban J connectivity index is 2.30. The zero-order valence-corrected chi connectivity index (χ0v) is 14.2. The Morgan fingerprint density at radius 3 is 2.86 bits per heavy atom. The van der Waals surface area contributed by atoms with E-state index in [-0.39, 0.29) is 6.04 Å². The summed E-state index contributed by atoms with van der Waals surface area (Å²) in [6.07, 6.45) is 2.39. The van der Waals surface area contributed by atoms with Crippen molar-refractivity contribution in [2.75, 3.05) is 13.7 Å². The Morgan fingerprint density at radius 2 is 2.19 bits per heavy atom. The molecule has 1 N–H and O–H groups in total. The minimum absolute atomic E-state index is 0.146. The number of halogens is 1. The van der Waals surface area contributed by atoms with Gasteiger partial charge in [0.1, 0.15) is 17.9 Å². The van der Waals surface area contributed by atoms with Crippen molar-refractivity contribution in [3.63, 3.8) is 0 Å². The Kier molecular flexibility index (Phi) is 5.76. The van der Waals surface area contributed by atoms with Crippen LogP contribution in [-0.2, 0) is 13.0 Å². The zero-order chi connectivity index (χ0) is 15.2. The van der Waals surface area contributed by atoms with Crippen LogP contribution in [0.5, 0.6) is 5.75 Å². The molecule has 21 heavy (non-hydrogen) atoms. The van der Waals surface area contributed by atoms with Crippen LogP contribution in [0.15, 0.2) is 29.0 Å². The first-order chi connectivity index (χ1) is 10.2. The summed E-state index contributed by atoms with van der Waals surface area (Å²) >= 11 is 3.48. The molecule has 1 heterocycles. The van der Waals surface area contributed by atoms with Gasteiger partial charge < -0.3 is 10.1 Å². The molecule has 0 radical (unpaired) electrons. The molecule has 0 fully saturated rings. The van der Waals surface area contributed by atoms with Gasteiger partial charge in [0.25, 0.3) is 0 Å². The molecule has 0 aliphatic heterocycles. The van der Waals surface area contributed by atoms with E-state index in [0.29, 0.717) is 0 Å². The lowest BCUT2D eigenvalue weighted by Crippen LogP contribution is -2.25. The fraction of sp³-hybridized carbons (Fsp3) is 0.467. The highest BCUT2D eigenvalue weighted by atomic mass is 79.9. The van der Waals surface area contributed by atoms with Gasteiger partial charge >= 0.3 is 0 Å². The van der Waals surface area contributed by atoms with E-state index >= 15 is 0 Å². The largest absolute Gasteiger partial charge is 0.496 e. The summed E-state index contributed by atoms with van der Waals surface area (Å²) in [7, 11) is 1.70. The Bertz CT molecular complexity index is 585. The van der Waals surface area contributed by atoms with Gasteiger partial charge in [0, 0.05) is 29.0 Å². The Labute approximate surface area is 133 Å². The monoisotopic (exact) mass is 352 g/mol. The molecule has 0 aliphatic carbocycles. The first-order valence-corrected chi connectivity index (χ1v) is 7.92. The van der Waals surface area contributed by atoms with Crippen molar-refractivity contribution in [2.45, 2.75) is 32.9 Å². The minimum atomic E-state index is 0.146. The molecular weight excluding hydrogens is 332 g/mol. The fourth-order valence-corrected chi connectivity index (χ4v) is 2.74. The molecule has 0 bridgehead atoms. The summed E-state index contributed by atoms with van der Waals surface area (Å²) < 4.78 is 8.45. The third-order valence-electron chi connectivity index (χ3n) is 3.40. The van der Waals surface area contributed by atoms with Gasteiger partial charge in [0.05, 0.1) is 7.11 Å². The summed E-state index contributed by atoms with van der Waals surface area (Å²) in [5, 5.41) is 7.74. The molecule has 0 saturated heterocycles. The number of methoxy groups -OCH3 is 1. The fourth-order valence-electron chi connectivity index (χ4n) is 2.40. The number of aromatic nitrogens is 3. The van der Waals surface area contributed by atoms with Crippen molar-refractivity contribution in [3.05, 3.63) is 40.4 Å². The lowest BCUT2D eigenvalue weighted by molar-refractivity contribution is 0.397. The van der Waals surface area contributed by atoms with Crippen molar-refractivity contribution < 1.29 is 4.74 Å². The summed E-state index contributed by atoms with van der Waals surface area (Å²) in [5.74, 6) is 1.85. The number of nitrogens with one attached hydrogen (secondary N) is 1. The maximum Gasteiger partial charge on any atom is 0.138 e. The van der Waals surface area contributed by atoms with Gasteiger partial charge in [-0.1, -0.05) is 28.9 Å². The van der Waals surface area contributed by atoms with Crippen LogP contribution in [0.3, 0.4) is 0 Å². The average Bonchev–Trinajstić information content (AvgIpc) is 2.94. The lowest BCUT2D eigenvalue weighted by Gasteiger charge is -2.20. The van der Waals surface area contributed by atoms with Gasteiger partial charge in [-0.25, -0.2) is 4.98 Å². The first kappa shape index (κ1) is 16.0. The molecule has 2 rings (SSSR count). The number of benzene rings is 1. The predicted molar refractivity (Wildman–Crippen MR) is 86.5 cm³/mol. The highest BCUT2D eigenvalue weighted by Crippen LogP contribution is 2.30. The van der Waals surface area contributed by atoms with E-state index in [2.05, 4.69) is 51.2 Å². The molecule has 0 saturated carbocycles. The third kappa shape index (κ3) is 3.83. The molecule has 0 aliphatic rings. The molecule has 0 spiro atoms. The molecule has 1 aromatic carbocycles. The third-order valence-corrected chi connectivity index (χ3v) is 3.90. The van der Waals surface area contributed by atoms with Crippen LogP contribution in [0.4, 0.5) is 0 Å². The van der Waals surface area contributed by atoms with E-state index in [1.54, 1.807) is 13.4 Å². The quantitative estimate of drug-likeness (QED) is 0.832. The lowest BCUT2D eigenvalue weighted by atomic mass is 10.0. The number of nitrogens with zero attached hydrogens (tertiary/aromatic N) is 3. The second kappa shape index (κ2) is 7.56. The SMILES string of the molecule is CCNC(Cc1ncnn1CC)c1ccc(Br)cc1OC. The molecule has 1 atom stereocenters. The van der Waals surface area contributed by atoms with E-state index in [1.165, 1.54) is 0 Å². The molecule has 5 nitrogen and oxygen atoms in total. The van der Waals surface area contributed by atoms with E-state index in [0.717, 1.165) is 41.1 Å². The number of likely N-dealkylation sites (N-methyl/N-ethyl adjacent to an activating group) is 1. The van der Waals surface area contributed by atoms with Gasteiger partial charge in [-0.05, 0) is 25.6 Å². The van der Waals surface area contributed by atoms with Crippen molar-refractivity contribution in [3.8, 4) is 5.75 Å². The van der Waals surface area contributed by atoms with Crippen molar-refractivity contribution in [1.82, 2.24) is 20.1 Å². The minimum Gasteiger partial charge on any atom is -0.496 e. The van der Waals surface area contributed by atoms with E-state index < -0.39 is 0 Å². The molecule has 114 valence electrons. The highest BCUT2D eigenvalue weighted by Gasteiger charge is 2.18. The number of hydrogen-bond donors (Lipinski definition) is 1. The Morgan fingerprint density at radius 1 is 1.38 bits per heavy atom. The number of hydrogen-bond acceptors (Lipinski definition) is 4. The molecule has 2 aromatic rings. The van der Waals surface area contributed by atoms with Crippen LogP contribution in [0.2, 0.25) is 0 Å². The van der Waals surface area contributed by atoms with Crippen LogP contribution in [0, 0.1) is 0 Å².